The van der Waals surface area contributed by atoms with Crippen LogP contribution in [0.2, 0.25) is 0 Å². The highest BCUT2D eigenvalue weighted by atomic mass is 32.2. The van der Waals surface area contributed by atoms with E-state index in [0.717, 1.165) is 0 Å². The first kappa shape index (κ1) is 20.3. The molecular weight excluding hydrogens is 304 g/mol. The van der Waals surface area contributed by atoms with Gasteiger partial charge in [-0.15, -0.1) is 12.3 Å². The van der Waals surface area contributed by atoms with Crippen molar-refractivity contribution >= 4 is 29.5 Å². The average molecular weight is 328 g/mol. The predicted molar refractivity (Wildman–Crippen MR) is 87.5 cm³/mol. The number of terminal acetylenes is 1. The average Bonchev–Trinajstić information content (AvgIpc) is 2.44. The number of amides is 2. The van der Waals surface area contributed by atoms with Crippen LogP contribution in [0.4, 0.5) is 0 Å². The molecule has 0 aliphatic heterocycles. The van der Waals surface area contributed by atoms with Gasteiger partial charge >= 0.3 is 5.97 Å². The van der Waals surface area contributed by atoms with Crippen LogP contribution in [-0.2, 0) is 14.4 Å². The number of carbonyl (C=O) groups is 3. The highest BCUT2D eigenvalue weighted by Crippen LogP contribution is 2.03. The predicted octanol–water partition coefficient (Wildman–Crippen LogP) is 0.962. The van der Waals surface area contributed by atoms with Crippen molar-refractivity contribution in [3.63, 3.8) is 0 Å². The number of rotatable bonds is 12. The number of carboxylic acid groups (broad SMARTS) is 1. The van der Waals surface area contributed by atoms with Crippen molar-refractivity contribution < 1.29 is 19.5 Å². The van der Waals surface area contributed by atoms with Crippen molar-refractivity contribution in [3.05, 3.63) is 0 Å². The van der Waals surface area contributed by atoms with Gasteiger partial charge in [0.05, 0.1) is 6.42 Å². The number of hydrogen-bond acceptors (Lipinski definition) is 4. The van der Waals surface area contributed by atoms with E-state index in [2.05, 4.69) is 11.2 Å². The van der Waals surface area contributed by atoms with Gasteiger partial charge in [0.15, 0.2) is 0 Å². The molecule has 0 saturated heterocycles. The molecule has 0 atom stereocenters. The van der Waals surface area contributed by atoms with Gasteiger partial charge < -0.3 is 15.3 Å². The van der Waals surface area contributed by atoms with E-state index in [4.69, 9.17) is 11.5 Å². The molecule has 0 aliphatic carbocycles. The summed E-state index contributed by atoms with van der Waals surface area (Å²) in [6.45, 7) is 2.90. The molecule has 6 nitrogen and oxygen atoms in total. The molecule has 2 amide bonds. The Labute approximate surface area is 136 Å². The number of carbonyl (C=O) groups excluding carboxylic acids is 2. The molecule has 2 N–H and O–H groups in total. The SMILES string of the molecule is C#CCCCC(=O)NCCN(CCSCCC(=O)O)C(C)=O. The molecule has 124 valence electrons. The molecule has 0 aromatic heterocycles. The van der Waals surface area contributed by atoms with Gasteiger partial charge in [0.2, 0.25) is 11.8 Å². The van der Waals surface area contributed by atoms with E-state index in [-0.39, 0.29) is 18.2 Å². The van der Waals surface area contributed by atoms with Gasteiger partial charge in [-0.2, -0.15) is 11.8 Å². The Kier molecular flexibility index (Phi) is 12.0. The van der Waals surface area contributed by atoms with Crippen molar-refractivity contribution in [1.29, 1.82) is 0 Å². The number of nitrogens with one attached hydrogen (secondary N) is 1. The number of carboxylic acids is 1. The third-order valence-corrected chi connectivity index (χ3v) is 3.80. The third kappa shape index (κ3) is 12.1. The molecule has 0 spiro atoms. The van der Waals surface area contributed by atoms with Crippen molar-refractivity contribution in [1.82, 2.24) is 10.2 Å². The van der Waals surface area contributed by atoms with E-state index in [0.29, 0.717) is 50.4 Å². The van der Waals surface area contributed by atoms with Gasteiger partial charge in [-0.3, -0.25) is 14.4 Å². The molecule has 7 heteroatoms. The van der Waals surface area contributed by atoms with E-state index in [1.807, 2.05) is 0 Å². The van der Waals surface area contributed by atoms with Gasteiger partial charge in [-0.1, -0.05) is 0 Å². The van der Waals surface area contributed by atoms with E-state index < -0.39 is 5.97 Å². The van der Waals surface area contributed by atoms with Crippen LogP contribution < -0.4 is 5.32 Å². The first-order valence-electron chi connectivity index (χ1n) is 7.22. The summed E-state index contributed by atoms with van der Waals surface area (Å²) in [6, 6.07) is 0. The molecule has 0 heterocycles. The number of nitrogens with zero attached hydrogens (tertiary/aromatic N) is 1. The second-order valence-electron chi connectivity index (χ2n) is 4.67. The Bertz CT molecular complexity index is 407. The summed E-state index contributed by atoms with van der Waals surface area (Å²) in [4.78, 5) is 35.0. The summed E-state index contributed by atoms with van der Waals surface area (Å²) in [7, 11) is 0. The van der Waals surface area contributed by atoms with Crippen LogP contribution in [0, 0.1) is 12.3 Å². The van der Waals surface area contributed by atoms with Crippen molar-refractivity contribution in [2.75, 3.05) is 31.1 Å². The first-order chi connectivity index (χ1) is 10.5. The lowest BCUT2D eigenvalue weighted by atomic mass is 10.2. The minimum atomic E-state index is -0.816. The molecule has 0 aromatic rings. The van der Waals surface area contributed by atoms with Gasteiger partial charge in [0.1, 0.15) is 0 Å². The van der Waals surface area contributed by atoms with Crippen LogP contribution in [-0.4, -0.2) is 58.9 Å². The Balaban J connectivity index is 3.81. The number of thioether (sulfide) groups is 1. The van der Waals surface area contributed by atoms with Crippen LogP contribution in [0.3, 0.4) is 0 Å². The fourth-order valence-corrected chi connectivity index (χ4v) is 2.51. The second kappa shape index (κ2) is 13.0. The van der Waals surface area contributed by atoms with Crippen LogP contribution in [0.5, 0.6) is 0 Å². The lowest BCUT2D eigenvalue weighted by molar-refractivity contribution is -0.136. The van der Waals surface area contributed by atoms with Crippen LogP contribution in [0.1, 0.15) is 32.6 Å². The quantitative estimate of drug-likeness (QED) is 0.412. The van der Waals surface area contributed by atoms with Crippen molar-refractivity contribution in [2.24, 2.45) is 0 Å². The van der Waals surface area contributed by atoms with Crippen LogP contribution in [0.15, 0.2) is 0 Å². The molecule has 0 saturated carbocycles. The van der Waals surface area contributed by atoms with E-state index in [9.17, 15) is 14.4 Å². The second-order valence-corrected chi connectivity index (χ2v) is 5.89. The molecule has 0 unspecified atom stereocenters. The van der Waals surface area contributed by atoms with Gasteiger partial charge in [0.25, 0.3) is 0 Å². The topological polar surface area (TPSA) is 86.7 Å². The summed E-state index contributed by atoms with van der Waals surface area (Å²) >= 11 is 1.50. The van der Waals surface area contributed by atoms with E-state index in [1.54, 1.807) is 4.90 Å². The van der Waals surface area contributed by atoms with Gasteiger partial charge in [-0.05, 0) is 6.42 Å². The fraction of sp³-hybridized carbons (Fsp3) is 0.667. The third-order valence-electron chi connectivity index (χ3n) is 2.84. The van der Waals surface area contributed by atoms with Crippen LogP contribution in [0.25, 0.3) is 0 Å². The maximum Gasteiger partial charge on any atom is 0.304 e. The van der Waals surface area contributed by atoms with Crippen molar-refractivity contribution in [3.8, 4) is 12.3 Å². The smallest absolute Gasteiger partial charge is 0.304 e. The summed E-state index contributed by atoms with van der Waals surface area (Å²) in [5, 5.41) is 11.3. The van der Waals surface area contributed by atoms with Gasteiger partial charge in [-0.25, -0.2) is 0 Å². The van der Waals surface area contributed by atoms with Crippen LogP contribution >= 0.6 is 11.8 Å². The minimum absolute atomic E-state index is 0.0552. The normalized spacial score (nSPS) is 9.82. The minimum Gasteiger partial charge on any atom is -0.481 e. The molecule has 0 aliphatic rings. The molecule has 0 radical (unpaired) electrons. The molecule has 0 bridgehead atoms. The van der Waals surface area contributed by atoms with E-state index >= 15 is 0 Å². The summed E-state index contributed by atoms with van der Waals surface area (Å²) in [5.74, 6) is 2.77. The lowest BCUT2D eigenvalue weighted by Crippen LogP contribution is -2.38. The number of unbranched alkanes of at least 4 members (excludes halogenated alkanes) is 1. The maximum atomic E-state index is 11.5. The van der Waals surface area contributed by atoms with E-state index in [1.165, 1.54) is 18.7 Å². The Hall–Kier alpha value is -1.68. The van der Waals surface area contributed by atoms with Crippen molar-refractivity contribution in [2.45, 2.75) is 32.6 Å². The zero-order valence-electron chi connectivity index (χ0n) is 13.0. The summed E-state index contributed by atoms with van der Waals surface area (Å²) in [6.07, 6.45) is 6.88. The maximum absolute atomic E-state index is 11.5. The largest absolute Gasteiger partial charge is 0.481 e. The Morgan fingerprint density at radius 3 is 2.55 bits per heavy atom. The fourth-order valence-electron chi connectivity index (χ4n) is 1.63. The Morgan fingerprint density at radius 1 is 1.23 bits per heavy atom. The lowest BCUT2D eigenvalue weighted by Gasteiger charge is -2.21. The molecule has 0 aromatic carbocycles. The molecule has 0 rings (SSSR count). The Morgan fingerprint density at radius 2 is 1.95 bits per heavy atom. The molecule has 0 fully saturated rings. The zero-order valence-corrected chi connectivity index (χ0v) is 13.8. The number of aliphatic carboxylic acids is 1. The van der Waals surface area contributed by atoms with Gasteiger partial charge in [0, 0.05) is 50.9 Å². The molecule has 22 heavy (non-hydrogen) atoms. The number of hydrogen-bond donors (Lipinski definition) is 2. The molecular formula is C15H24N2O4S. The summed E-state index contributed by atoms with van der Waals surface area (Å²) < 4.78 is 0. The monoisotopic (exact) mass is 328 g/mol. The summed E-state index contributed by atoms with van der Waals surface area (Å²) in [5.41, 5.74) is 0. The highest BCUT2D eigenvalue weighted by Gasteiger charge is 2.09. The zero-order chi connectivity index (χ0) is 16.8. The standard InChI is InChI=1S/C15H24N2O4S/c1-3-4-5-6-14(19)16-8-9-17(13(2)18)10-12-22-11-7-15(20)21/h1H,4-12H2,2H3,(H,16,19)(H,20,21). The highest BCUT2D eigenvalue weighted by molar-refractivity contribution is 7.99. The first-order valence-corrected chi connectivity index (χ1v) is 8.38.